The van der Waals surface area contributed by atoms with Crippen molar-refractivity contribution in [3.05, 3.63) is 21.8 Å². The maximum Gasteiger partial charge on any atom is 0.272 e. The van der Waals surface area contributed by atoms with Crippen molar-refractivity contribution < 1.29 is 4.79 Å². The molecule has 0 saturated carbocycles. The van der Waals surface area contributed by atoms with Crippen LogP contribution in [0.2, 0.25) is 0 Å². The van der Waals surface area contributed by atoms with Gasteiger partial charge in [0.2, 0.25) is 11.7 Å². The summed E-state index contributed by atoms with van der Waals surface area (Å²) in [6.45, 7) is 5.11. The number of thioether (sulfide) groups is 1. The van der Waals surface area contributed by atoms with Crippen molar-refractivity contribution in [1.29, 1.82) is 0 Å². The third kappa shape index (κ3) is 2.86. The zero-order chi connectivity index (χ0) is 16.4. The highest BCUT2D eigenvalue weighted by Crippen LogP contribution is 2.24. The minimum Gasteiger partial charge on any atom is -0.355 e. The first-order valence-corrected chi connectivity index (χ1v) is 9.28. The SMILES string of the molecule is CCCNC(=O)CSc1nnc2n(CC)c(=O)c3sccc3n12. The number of amides is 1. The van der Waals surface area contributed by atoms with E-state index in [0.717, 1.165) is 11.9 Å². The van der Waals surface area contributed by atoms with Crippen molar-refractivity contribution in [1.82, 2.24) is 24.5 Å². The van der Waals surface area contributed by atoms with Crippen molar-refractivity contribution in [2.45, 2.75) is 32.0 Å². The maximum atomic E-state index is 12.4. The number of thiophene rings is 1. The quantitative estimate of drug-likeness (QED) is 0.684. The molecular formula is C14H17N5O2S2. The standard InChI is InChI=1S/C14H17N5O2S2/c1-3-6-15-10(20)8-23-14-17-16-13-18(4-2)12(21)11-9(19(13)14)5-7-22-11/h5,7H,3-4,6,8H2,1-2H3,(H,15,20). The van der Waals surface area contributed by atoms with Gasteiger partial charge in [0.05, 0.1) is 11.3 Å². The van der Waals surface area contributed by atoms with Crippen LogP contribution in [0, 0.1) is 0 Å². The lowest BCUT2D eigenvalue weighted by Crippen LogP contribution is -2.25. The van der Waals surface area contributed by atoms with Gasteiger partial charge in [-0.3, -0.25) is 18.6 Å². The number of fused-ring (bicyclic) bond motifs is 3. The molecule has 1 amide bonds. The molecule has 3 rings (SSSR count). The van der Waals surface area contributed by atoms with Gasteiger partial charge in [-0.05, 0) is 24.8 Å². The van der Waals surface area contributed by atoms with Gasteiger partial charge < -0.3 is 5.32 Å². The molecule has 0 atom stereocenters. The van der Waals surface area contributed by atoms with Crippen molar-refractivity contribution in [2.24, 2.45) is 0 Å². The molecule has 3 aromatic heterocycles. The second-order valence-corrected chi connectivity index (χ2v) is 6.80. The van der Waals surface area contributed by atoms with Crippen LogP contribution in [-0.4, -0.2) is 37.4 Å². The Hall–Kier alpha value is -1.87. The Morgan fingerprint density at radius 1 is 1.39 bits per heavy atom. The van der Waals surface area contributed by atoms with E-state index in [1.807, 2.05) is 29.7 Å². The molecule has 0 saturated heterocycles. The predicted octanol–water partition coefficient (Wildman–Crippen LogP) is 1.74. The molecule has 0 spiro atoms. The molecule has 0 unspecified atom stereocenters. The van der Waals surface area contributed by atoms with Gasteiger partial charge >= 0.3 is 0 Å². The van der Waals surface area contributed by atoms with E-state index in [1.165, 1.54) is 23.1 Å². The van der Waals surface area contributed by atoms with Gasteiger partial charge in [-0.25, -0.2) is 0 Å². The van der Waals surface area contributed by atoms with Crippen LogP contribution in [-0.2, 0) is 11.3 Å². The fourth-order valence-electron chi connectivity index (χ4n) is 2.32. The van der Waals surface area contributed by atoms with Crippen LogP contribution in [0.4, 0.5) is 0 Å². The molecule has 3 heterocycles. The summed E-state index contributed by atoms with van der Waals surface area (Å²) in [7, 11) is 0. The van der Waals surface area contributed by atoms with E-state index in [0.29, 0.717) is 28.7 Å². The van der Waals surface area contributed by atoms with Crippen LogP contribution in [0.25, 0.3) is 16.0 Å². The van der Waals surface area contributed by atoms with Crippen LogP contribution >= 0.6 is 23.1 Å². The first-order valence-electron chi connectivity index (χ1n) is 7.42. The zero-order valence-electron chi connectivity index (χ0n) is 12.9. The second-order valence-electron chi connectivity index (χ2n) is 4.94. The van der Waals surface area contributed by atoms with Gasteiger partial charge in [-0.2, -0.15) is 0 Å². The third-order valence-electron chi connectivity index (χ3n) is 3.40. The number of hydrogen-bond donors (Lipinski definition) is 1. The Bertz CT molecular complexity index is 911. The molecule has 0 aliphatic heterocycles. The number of hydrogen-bond acceptors (Lipinski definition) is 6. The molecule has 0 aromatic carbocycles. The lowest BCUT2D eigenvalue weighted by atomic mass is 10.4. The Labute approximate surface area is 140 Å². The lowest BCUT2D eigenvalue weighted by molar-refractivity contribution is -0.118. The number of aromatic nitrogens is 4. The van der Waals surface area contributed by atoms with E-state index >= 15 is 0 Å². The average Bonchev–Trinajstić information content (AvgIpc) is 3.18. The summed E-state index contributed by atoms with van der Waals surface area (Å²) in [6.07, 6.45) is 0.905. The second kappa shape index (κ2) is 6.71. The van der Waals surface area contributed by atoms with Gasteiger partial charge in [0.1, 0.15) is 4.70 Å². The Morgan fingerprint density at radius 2 is 2.22 bits per heavy atom. The van der Waals surface area contributed by atoms with Crippen LogP contribution in [0.3, 0.4) is 0 Å². The first-order chi connectivity index (χ1) is 11.2. The van der Waals surface area contributed by atoms with E-state index in [4.69, 9.17) is 0 Å². The Morgan fingerprint density at radius 3 is 2.96 bits per heavy atom. The molecule has 1 N–H and O–H groups in total. The number of aryl methyl sites for hydroxylation is 1. The van der Waals surface area contributed by atoms with E-state index in [1.54, 1.807) is 4.57 Å². The van der Waals surface area contributed by atoms with Crippen molar-refractivity contribution in [3.8, 4) is 0 Å². The number of nitrogens with zero attached hydrogens (tertiary/aromatic N) is 4. The van der Waals surface area contributed by atoms with Crippen LogP contribution in [0.1, 0.15) is 20.3 Å². The number of rotatable bonds is 6. The summed E-state index contributed by atoms with van der Waals surface area (Å²) in [4.78, 5) is 24.2. The van der Waals surface area contributed by atoms with Crippen molar-refractivity contribution in [2.75, 3.05) is 12.3 Å². The molecular weight excluding hydrogens is 334 g/mol. The molecule has 0 bridgehead atoms. The third-order valence-corrected chi connectivity index (χ3v) is 5.22. The molecule has 23 heavy (non-hydrogen) atoms. The maximum absolute atomic E-state index is 12.4. The van der Waals surface area contributed by atoms with E-state index < -0.39 is 0 Å². The van der Waals surface area contributed by atoms with E-state index in [9.17, 15) is 9.59 Å². The fourth-order valence-corrected chi connectivity index (χ4v) is 3.92. The zero-order valence-corrected chi connectivity index (χ0v) is 14.5. The summed E-state index contributed by atoms with van der Waals surface area (Å²) in [5, 5.41) is 13.7. The summed E-state index contributed by atoms with van der Waals surface area (Å²) >= 11 is 2.73. The van der Waals surface area contributed by atoms with Gasteiger partial charge in [0.25, 0.3) is 5.56 Å². The molecule has 3 aromatic rings. The normalized spacial score (nSPS) is 11.4. The minimum atomic E-state index is -0.0466. The Balaban J connectivity index is 2.01. The average molecular weight is 351 g/mol. The summed E-state index contributed by atoms with van der Waals surface area (Å²) in [5.41, 5.74) is 0.746. The highest BCUT2D eigenvalue weighted by Gasteiger charge is 2.17. The molecule has 0 fully saturated rings. The molecule has 0 aliphatic rings. The number of nitrogens with one attached hydrogen (secondary N) is 1. The van der Waals surface area contributed by atoms with Gasteiger partial charge in [0.15, 0.2) is 5.16 Å². The topological polar surface area (TPSA) is 81.3 Å². The first kappa shape index (κ1) is 16.0. The molecule has 0 aliphatic carbocycles. The van der Waals surface area contributed by atoms with Gasteiger partial charge in [0, 0.05) is 13.1 Å². The minimum absolute atomic E-state index is 0.0287. The Kier molecular flexibility index (Phi) is 4.67. The highest BCUT2D eigenvalue weighted by atomic mass is 32.2. The lowest BCUT2D eigenvalue weighted by Gasteiger charge is -2.07. The smallest absolute Gasteiger partial charge is 0.272 e. The van der Waals surface area contributed by atoms with E-state index in [-0.39, 0.29) is 17.2 Å². The monoisotopic (exact) mass is 351 g/mol. The fraction of sp³-hybridized carbons (Fsp3) is 0.429. The van der Waals surface area contributed by atoms with E-state index in [2.05, 4.69) is 15.5 Å². The summed E-state index contributed by atoms with van der Waals surface area (Å²) in [5.74, 6) is 0.761. The van der Waals surface area contributed by atoms with Gasteiger partial charge in [-0.1, -0.05) is 18.7 Å². The molecule has 7 nitrogen and oxygen atoms in total. The predicted molar refractivity (Wildman–Crippen MR) is 92.3 cm³/mol. The number of carbonyl (C=O) groups is 1. The molecule has 9 heteroatoms. The van der Waals surface area contributed by atoms with Crippen LogP contribution in [0.5, 0.6) is 0 Å². The summed E-state index contributed by atoms with van der Waals surface area (Å²) in [6, 6.07) is 1.89. The van der Waals surface area contributed by atoms with Crippen molar-refractivity contribution in [3.63, 3.8) is 0 Å². The highest BCUT2D eigenvalue weighted by molar-refractivity contribution is 7.99. The molecule has 0 radical (unpaired) electrons. The molecule has 122 valence electrons. The van der Waals surface area contributed by atoms with Crippen LogP contribution < -0.4 is 10.9 Å². The summed E-state index contributed by atoms with van der Waals surface area (Å²) < 4.78 is 4.14. The van der Waals surface area contributed by atoms with Crippen molar-refractivity contribution >= 4 is 45.0 Å². The van der Waals surface area contributed by atoms with Gasteiger partial charge in [-0.15, -0.1) is 21.5 Å². The largest absolute Gasteiger partial charge is 0.355 e. The number of carbonyl (C=O) groups excluding carboxylic acids is 1. The van der Waals surface area contributed by atoms with Crippen LogP contribution in [0.15, 0.2) is 21.4 Å².